The van der Waals surface area contributed by atoms with Crippen LogP contribution in [0.1, 0.15) is 19.8 Å². The van der Waals surface area contributed by atoms with E-state index in [2.05, 4.69) is 0 Å². The van der Waals surface area contributed by atoms with Gasteiger partial charge >= 0.3 is 5.97 Å². The summed E-state index contributed by atoms with van der Waals surface area (Å²) in [5.74, 6) is -6.42. The standard InChI is InChI=1S/C12H12F3NO4S/c1-12(11(17)18,6-2-3-6)16-21(19,20)10-8(14)4-7(13)5-9(10)15/h4-6,16H,2-3H2,1H3,(H,17,18). The summed E-state index contributed by atoms with van der Waals surface area (Å²) in [6, 6.07) is 0.430. The second-order valence-electron chi connectivity index (χ2n) is 5.09. The molecule has 1 aromatic carbocycles. The van der Waals surface area contributed by atoms with Crippen molar-refractivity contribution in [2.45, 2.75) is 30.2 Å². The van der Waals surface area contributed by atoms with Crippen LogP contribution in [0, 0.1) is 23.4 Å². The number of aliphatic carboxylic acids is 1. The minimum atomic E-state index is -4.79. The Morgan fingerprint density at radius 1 is 1.29 bits per heavy atom. The van der Waals surface area contributed by atoms with E-state index in [1.807, 2.05) is 4.72 Å². The van der Waals surface area contributed by atoms with Crippen molar-refractivity contribution in [3.8, 4) is 0 Å². The Morgan fingerprint density at radius 2 is 1.76 bits per heavy atom. The lowest BCUT2D eigenvalue weighted by Crippen LogP contribution is -2.54. The molecule has 2 N–H and O–H groups in total. The summed E-state index contributed by atoms with van der Waals surface area (Å²) in [5.41, 5.74) is -1.87. The maximum Gasteiger partial charge on any atom is 0.324 e. The Labute approximate surface area is 118 Å². The molecule has 1 atom stereocenters. The summed E-state index contributed by atoms with van der Waals surface area (Å²) in [7, 11) is -4.79. The summed E-state index contributed by atoms with van der Waals surface area (Å²) in [4.78, 5) is 9.87. The molecule has 0 bridgehead atoms. The topological polar surface area (TPSA) is 83.5 Å². The first-order chi connectivity index (χ1) is 9.58. The highest BCUT2D eigenvalue weighted by molar-refractivity contribution is 7.89. The molecule has 0 heterocycles. The summed E-state index contributed by atoms with van der Waals surface area (Å²) in [6.07, 6.45) is 0.972. The fourth-order valence-corrected chi connectivity index (χ4v) is 3.62. The second kappa shape index (κ2) is 4.99. The fraction of sp³-hybridized carbons (Fsp3) is 0.417. The molecule has 1 aromatic rings. The van der Waals surface area contributed by atoms with Crippen molar-refractivity contribution in [2.24, 2.45) is 5.92 Å². The summed E-state index contributed by atoms with van der Waals surface area (Å²) >= 11 is 0. The summed E-state index contributed by atoms with van der Waals surface area (Å²) in [6.45, 7) is 1.13. The number of carboxylic acid groups (broad SMARTS) is 1. The Balaban J connectivity index is 2.46. The lowest BCUT2D eigenvalue weighted by Gasteiger charge is -2.26. The van der Waals surface area contributed by atoms with Crippen LogP contribution in [0.15, 0.2) is 17.0 Å². The molecule has 1 saturated carbocycles. The quantitative estimate of drug-likeness (QED) is 0.863. The lowest BCUT2D eigenvalue weighted by molar-refractivity contribution is -0.144. The van der Waals surface area contributed by atoms with E-state index < -0.39 is 49.8 Å². The smallest absolute Gasteiger partial charge is 0.324 e. The van der Waals surface area contributed by atoms with Gasteiger partial charge in [-0.3, -0.25) is 4.79 Å². The molecule has 0 radical (unpaired) electrons. The van der Waals surface area contributed by atoms with Gasteiger partial charge in [-0.15, -0.1) is 0 Å². The van der Waals surface area contributed by atoms with Gasteiger partial charge in [0.25, 0.3) is 0 Å². The third-order valence-electron chi connectivity index (χ3n) is 3.42. The molecule has 0 spiro atoms. The highest BCUT2D eigenvalue weighted by Gasteiger charge is 2.50. The second-order valence-corrected chi connectivity index (χ2v) is 6.71. The van der Waals surface area contributed by atoms with Gasteiger partial charge < -0.3 is 5.11 Å². The Kier molecular flexibility index (Phi) is 3.75. The highest BCUT2D eigenvalue weighted by Crippen LogP contribution is 2.40. The van der Waals surface area contributed by atoms with E-state index in [4.69, 9.17) is 5.11 Å². The van der Waals surface area contributed by atoms with Gasteiger partial charge in [-0.1, -0.05) is 0 Å². The Bertz CT molecular complexity index is 679. The van der Waals surface area contributed by atoms with E-state index >= 15 is 0 Å². The predicted molar refractivity (Wildman–Crippen MR) is 65.4 cm³/mol. The molecule has 1 fully saturated rings. The molecule has 0 saturated heterocycles. The summed E-state index contributed by atoms with van der Waals surface area (Å²) in [5, 5.41) is 9.16. The number of halogens is 3. The van der Waals surface area contributed by atoms with Crippen LogP contribution in [0.3, 0.4) is 0 Å². The summed E-state index contributed by atoms with van der Waals surface area (Å²) < 4.78 is 65.9. The third kappa shape index (κ3) is 2.88. The largest absolute Gasteiger partial charge is 0.480 e. The van der Waals surface area contributed by atoms with Gasteiger partial charge in [-0.05, 0) is 25.7 Å². The molecular weight excluding hydrogens is 311 g/mol. The number of nitrogens with one attached hydrogen (secondary N) is 1. The van der Waals surface area contributed by atoms with Gasteiger partial charge in [0.15, 0.2) is 4.90 Å². The number of rotatable bonds is 5. The van der Waals surface area contributed by atoms with E-state index in [-0.39, 0.29) is 12.1 Å². The fourth-order valence-electron chi connectivity index (χ4n) is 2.08. The van der Waals surface area contributed by atoms with Crippen LogP contribution in [0.4, 0.5) is 13.2 Å². The van der Waals surface area contributed by atoms with Crippen LogP contribution in [0.5, 0.6) is 0 Å². The van der Waals surface area contributed by atoms with E-state index in [0.717, 1.165) is 6.92 Å². The molecular formula is C12H12F3NO4S. The molecule has 0 amide bonds. The molecule has 1 aliphatic carbocycles. The van der Waals surface area contributed by atoms with Gasteiger partial charge in [0.2, 0.25) is 10.0 Å². The monoisotopic (exact) mass is 323 g/mol. The van der Waals surface area contributed by atoms with Gasteiger partial charge in [0.1, 0.15) is 23.0 Å². The maximum absolute atomic E-state index is 13.6. The molecule has 5 nitrogen and oxygen atoms in total. The van der Waals surface area contributed by atoms with Crippen molar-refractivity contribution in [3.05, 3.63) is 29.6 Å². The number of hydrogen-bond donors (Lipinski definition) is 2. The first kappa shape index (κ1) is 15.8. The SMILES string of the molecule is CC(NS(=O)(=O)c1c(F)cc(F)cc1F)(C(=O)O)C1CC1. The molecule has 0 aromatic heterocycles. The Morgan fingerprint density at radius 3 is 2.14 bits per heavy atom. The van der Waals surface area contributed by atoms with Gasteiger partial charge in [0, 0.05) is 12.1 Å². The van der Waals surface area contributed by atoms with Crippen molar-refractivity contribution in [3.63, 3.8) is 0 Å². The van der Waals surface area contributed by atoms with Crippen LogP contribution in [0.2, 0.25) is 0 Å². The zero-order chi connectivity index (χ0) is 16.0. The molecule has 116 valence electrons. The van der Waals surface area contributed by atoms with Gasteiger partial charge in [-0.2, -0.15) is 4.72 Å². The first-order valence-corrected chi connectivity index (χ1v) is 7.48. The van der Waals surface area contributed by atoms with Gasteiger partial charge in [0.05, 0.1) is 0 Å². The highest BCUT2D eigenvalue weighted by atomic mass is 32.2. The number of hydrogen-bond acceptors (Lipinski definition) is 3. The van der Waals surface area contributed by atoms with Crippen LogP contribution < -0.4 is 4.72 Å². The predicted octanol–water partition coefficient (Wildman–Crippen LogP) is 1.64. The van der Waals surface area contributed by atoms with Crippen molar-refractivity contribution < 1.29 is 31.5 Å². The molecule has 1 unspecified atom stereocenters. The minimum absolute atomic E-state index is 0.215. The van der Waals surface area contributed by atoms with Crippen molar-refractivity contribution in [1.29, 1.82) is 0 Å². The molecule has 2 rings (SSSR count). The average Bonchev–Trinajstić information content (AvgIpc) is 3.08. The Hall–Kier alpha value is -1.61. The van der Waals surface area contributed by atoms with Crippen LogP contribution in [-0.4, -0.2) is 25.0 Å². The first-order valence-electron chi connectivity index (χ1n) is 6.00. The van der Waals surface area contributed by atoms with Gasteiger partial charge in [-0.25, -0.2) is 21.6 Å². The number of sulfonamides is 1. The number of benzene rings is 1. The zero-order valence-corrected chi connectivity index (χ0v) is 11.7. The third-order valence-corrected chi connectivity index (χ3v) is 5.04. The number of carboxylic acids is 1. The molecule has 21 heavy (non-hydrogen) atoms. The van der Waals surface area contributed by atoms with Crippen molar-refractivity contribution >= 4 is 16.0 Å². The molecule has 9 heteroatoms. The minimum Gasteiger partial charge on any atom is -0.480 e. The van der Waals surface area contributed by atoms with E-state index in [1.165, 1.54) is 0 Å². The molecule has 0 aliphatic heterocycles. The van der Waals surface area contributed by atoms with Crippen molar-refractivity contribution in [2.75, 3.05) is 0 Å². The molecule has 1 aliphatic rings. The van der Waals surface area contributed by atoms with Crippen LogP contribution >= 0.6 is 0 Å². The average molecular weight is 323 g/mol. The van der Waals surface area contributed by atoms with Crippen molar-refractivity contribution in [1.82, 2.24) is 4.72 Å². The van der Waals surface area contributed by atoms with E-state index in [9.17, 15) is 26.4 Å². The van der Waals surface area contributed by atoms with E-state index in [0.29, 0.717) is 12.8 Å². The normalized spacial score (nSPS) is 18.3. The van der Waals surface area contributed by atoms with Crippen LogP contribution in [0.25, 0.3) is 0 Å². The van der Waals surface area contributed by atoms with Crippen LogP contribution in [-0.2, 0) is 14.8 Å². The lowest BCUT2D eigenvalue weighted by atomic mass is 9.98. The van der Waals surface area contributed by atoms with E-state index in [1.54, 1.807) is 0 Å². The maximum atomic E-state index is 13.6. The zero-order valence-electron chi connectivity index (χ0n) is 10.9. The number of carbonyl (C=O) groups is 1.